The van der Waals surface area contributed by atoms with Crippen LogP contribution in [0.5, 0.6) is 5.75 Å². The first-order chi connectivity index (χ1) is 14.2. The molecule has 1 spiro atoms. The average molecular weight is 429 g/mol. The summed E-state index contributed by atoms with van der Waals surface area (Å²) in [5.74, 6) is -2.24. The van der Waals surface area contributed by atoms with Gasteiger partial charge in [0.25, 0.3) is 5.79 Å². The maximum Gasteiger partial charge on any atom is 0.329 e. The molecular weight excluding hydrogens is 396 g/mol. The standard InChI is InChI=1S/C25H32O6/c1-21(2)14-24(30-18-10-8-7-9-16(18)21)15-22(3,4)17-11-25(28,29-13-20(26)27)23(5,6)12-19(17)31-24/h7-12,28H,13-15H2,1-6H3,(H,26,27). The highest BCUT2D eigenvalue weighted by Gasteiger charge is 2.57. The SMILES string of the molecule is CC1(C)CC2(CC(C)(C)c3ccccc3O2)OC2=CC(C)(C)C(O)(OCC(=O)O)C=C21. The highest BCUT2D eigenvalue weighted by Crippen LogP contribution is 2.58. The van der Waals surface area contributed by atoms with E-state index in [1.807, 2.05) is 24.3 Å². The maximum absolute atomic E-state index is 11.2. The van der Waals surface area contributed by atoms with Crippen LogP contribution in [-0.4, -0.2) is 34.4 Å². The average Bonchev–Trinajstić information content (AvgIpc) is 2.60. The van der Waals surface area contributed by atoms with E-state index < -0.39 is 35.0 Å². The molecule has 0 saturated carbocycles. The third-order valence-corrected chi connectivity index (χ3v) is 6.80. The van der Waals surface area contributed by atoms with Gasteiger partial charge in [-0.05, 0) is 18.2 Å². The molecule has 1 fully saturated rings. The van der Waals surface area contributed by atoms with Gasteiger partial charge in [-0.3, -0.25) is 0 Å². The van der Waals surface area contributed by atoms with Gasteiger partial charge in [0.05, 0.1) is 0 Å². The minimum absolute atomic E-state index is 0.137. The maximum atomic E-state index is 11.2. The van der Waals surface area contributed by atoms with E-state index in [-0.39, 0.29) is 5.41 Å². The third kappa shape index (κ3) is 3.56. The largest absolute Gasteiger partial charge is 0.480 e. The van der Waals surface area contributed by atoms with Crippen LogP contribution in [0.3, 0.4) is 0 Å². The van der Waals surface area contributed by atoms with Gasteiger partial charge in [-0.25, -0.2) is 4.79 Å². The summed E-state index contributed by atoms with van der Waals surface area (Å²) >= 11 is 0. The molecule has 2 unspecified atom stereocenters. The molecule has 2 N–H and O–H groups in total. The van der Waals surface area contributed by atoms with Crippen LogP contribution in [0.4, 0.5) is 0 Å². The smallest absolute Gasteiger partial charge is 0.329 e. The van der Waals surface area contributed by atoms with Gasteiger partial charge in [0, 0.05) is 40.2 Å². The van der Waals surface area contributed by atoms with Gasteiger partial charge < -0.3 is 24.4 Å². The highest BCUT2D eigenvalue weighted by atomic mass is 16.7. The van der Waals surface area contributed by atoms with Crippen molar-refractivity contribution in [2.24, 2.45) is 10.8 Å². The molecule has 1 aromatic rings. The number of carboxylic acid groups (broad SMARTS) is 1. The van der Waals surface area contributed by atoms with Crippen molar-refractivity contribution < 1.29 is 29.2 Å². The van der Waals surface area contributed by atoms with E-state index in [1.165, 1.54) is 0 Å². The van der Waals surface area contributed by atoms with Gasteiger partial charge in [-0.2, -0.15) is 0 Å². The summed E-state index contributed by atoms with van der Waals surface area (Å²) in [6.45, 7) is 11.6. The molecule has 6 heteroatoms. The number of hydrogen-bond donors (Lipinski definition) is 2. The van der Waals surface area contributed by atoms with Crippen molar-refractivity contribution in [3.63, 3.8) is 0 Å². The number of para-hydroxylation sites is 1. The van der Waals surface area contributed by atoms with Crippen LogP contribution in [0.15, 0.2) is 47.7 Å². The number of hydrogen-bond acceptors (Lipinski definition) is 5. The fourth-order valence-electron chi connectivity index (χ4n) is 5.25. The van der Waals surface area contributed by atoms with E-state index >= 15 is 0 Å². The van der Waals surface area contributed by atoms with Crippen molar-refractivity contribution in [2.75, 3.05) is 6.61 Å². The first kappa shape index (κ1) is 21.9. The van der Waals surface area contributed by atoms with Crippen LogP contribution in [0.2, 0.25) is 0 Å². The summed E-state index contributed by atoms with van der Waals surface area (Å²) in [6, 6.07) is 8.08. The molecule has 0 amide bonds. The Morgan fingerprint density at radius 3 is 2.32 bits per heavy atom. The number of rotatable bonds is 3. The normalized spacial score (nSPS) is 32.0. The Morgan fingerprint density at radius 2 is 1.65 bits per heavy atom. The Morgan fingerprint density at radius 1 is 1.00 bits per heavy atom. The summed E-state index contributed by atoms with van der Waals surface area (Å²) in [4.78, 5) is 11.1. The molecule has 0 radical (unpaired) electrons. The molecule has 1 aliphatic carbocycles. The molecule has 168 valence electrons. The van der Waals surface area contributed by atoms with Gasteiger partial charge in [0.2, 0.25) is 0 Å². The lowest BCUT2D eigenvalue weighted by atomic mass is 9.65. The molecule has 0 bridgehead atoms. The number of aliphatic hydroxyl groups is 1. The van der Waals surface area contributed by atoms with Gasteiger partial charge in [0.1, 0.15) is 18.1 Å². The fraction of sp³-hybridized carbons (Fsp3) is 0.560. The van der Waals surface area contributed by atoms with Crippen LogP contribution < -0.4 is 4.74 Å². The predicted octanol–water partition coefficient (Wildman–Crippen LogP) is 4.53. The Balaban J connectivity index is 1.75. The molecule has 3 aliphatic rings. The third-order valence-electron chi connectivity index (χ3n) is 6.80. The van der Waals surface area contributed by atoms with Crippen LogP contribution in [-0.2, 0) is 19.7 Å². The lowest BCUT2D eigenvalue weighted by Gasteiger charge is -2.54. The molecule has 4 rings (SSSR count). The molecule has 1 saturated heterocycles. The molecule has 0 aromatic heterocycles. The zero-order valence-electron chi connectivity index (χ0n) is 19.1. The summed E-state index contributed by atoms with van der Waals surface area (Å²) < 4.78 is 18.6. The quantitative estimate of drug-likeness (QED) is 0.688. The van der Waals surface area contributed by atoms with E-state index in [4.69, 9.17) is 19.3 Å². The van der Waals surface area contributed by atoms with Crippen molar-refractivity contribution in [3.8, 4) is 5.75 Å². The zero-order valence-corrected chi connectivity index (χ0v) is 19.1. The van der Waals surface area contributed by atoms with Crippen LogP contribution in [0.25, 0.3) is 0 Å². The van der Waals surface area contributed by atoms with E-state index in [0.717, 1.165) is 16.9 Å². The van der Waals surface area contributed by atoms with Crippen molar-refractivity contribution in [2.45, 2.75) is 71.4 Å². The lowest BCUT2D eigenvalue weighted by molar-refractivity contribution is -0.235. The van der Waals surface area contributed by atoms with Crippen LogP contribution >= 0.6 is 0 Å². The minimum atomic E-state index is -1.76. The second-order valence-electron chi connectivity index (χ2n) is 10.9. The van der Waals surface area contributed by atoms with Gasteiger partial charge in [-0.15, -0.1) is 0 Å². The van der Waals surface area contributed by atoms with Crippen LogP contribution in [0, 0.1) is 10.8 Å². The zero-order chi connectivity index (χ0) is 22.9. The molecule has 6 nitrogen and oxygen atoms in total. The van der Waals surface area contributed by atoms with Gasteiger partial charge in [-0.1, -0.05) is 59.7 Å². The Labute approximate surface area is 183 Å². The summed E-state index contributed by atoms with van der Waals surface area (Å²) in [5.41, 5.74) is 0.521. The van der Waals surface area contributed by atoms with E-state index in [0.29, 0.717) is 18.6 Å². The summed E-state index contributed by atoms with van der Waals surface area (Å²) in [6.07, 6.45) is 4.73. The van der Waals surface area contributed by atoms with E-state index in [9.17, 15) is 9.90 Å². The molecule has 2 aliphatic heterocycles. The Hall–Kier alpha value is -2.31. The van der Waals surface area contributed by atoms with Gasteiger partial charge >= 0.3 is 5.97 Å². The van der Waals surface area contributed by atoms with E-state index in [1.54, 1.807) is 19.9 Å². The minimum Gasteiger partial charge on any atom is -0.480 e. The van der Waals surface area contributed by atoms with Crippen molar-refractivity contribution >= 4 is 5.97 Å². The lowest BCUT2D eigenvalue weighted by Crippen LogP contribution is -2.56. The topological polar surface area (TPSA) is 85.2 Å². The Bertz CT molecular complexity index is 985. The molecule has 2 heterocycles. The number of allylic oxidation sites excluding steroid dienone is 1. The summed E-state index contributed by atoms with van der Waals surface area (Å²) in [7, 11) is 0. The number of carbonyl (C=O) groups is 1. The number of benzene rings is 1. The molecular formula is C25H32O6. The first-order valence-corrected chi connectivity index (χ1v) is 10.7. The molecule has 1 aromatic carbocycles. The number of ether oxygens (including phenoxy) is 3. The Kier molecular flexibility index (Phi) is 4.66. The van der Waals surface area contributed by atoms with Crippen molar-refractivity contribution in [1.29, 1.82) is 0 Å². The number of carboxylic acids is 1. The fourth-order valence-corrected chi connectivity index (χ4v) is 5.25. The summed E-state index contributed by atoms with van der Waals surface area (Å²) in [5, 5.41) is 20.3. The molecule has 2 atom stereocenters. The second-order valence-corrected chi connectivity index (χ2v) is 10.9. The number of fused-ring (bicyclic) bond motifs is 2. The molecule has 31 heavy (non-hydrogen) atoms. The number of aliphatic carboxylic acids is 1. The van der Waals surface area contributed by atoms with Crippen molar-refractivity contribution in [3.05, 3.63) is 53.3 Å². The van der Waals surface area contributed by atoms with Gasteiger partial charge in [0.15, 0.2) is 5.79 Å². The second kappa shape index (κ2) is 6.59. The predicted molar refractivity (Wildman–Crippen MR) is 115 cm³/mol. The van der Waals surface area contributed by atoms with Crippen LogP contribution in [0.1, 0.15) is 59.9 Å². The first-order valence-electron chi connectivity index (χ1n) is 10.7. The van der Waals surface area contributed by atoms with E-state index in [2.05, 4.69) is 33.8 Å². The highest BCUT2D eigenvalue weighted by molar-refractivity contribution is 5.68. The van der Waals surface area contributed by atoms with Crippen molar-refractivity contribution in [1.82, 2.24) is 0 Å². The monoisotopic (exact) mass is 428 g/mol.